The molecule has 2 rings (SSSR count). The normalized spacial score (nSPS) is 16.1. The summed E-state index contributed by atoms with van der Waals surface area (Å²) in [5, 5.41) is 3.15. The van der Waals surface area contributed by atoms with E-state index in [9.17, 15) is 0 Å². The van der Waals surface area contributed by atoms with Crippen LogP contribution in [0.5, 0.6) is 0 Å². The van der Waals surface area contributed by atoms with Gasteiger partial charge in [-0.25, -0.2) is 9.97 Å². The average Bonchev–Trinajstić information content (AvgIpc) is 2.18. The van der Waals surface area contributed by atoms with Gasteiger partial charge in [-0.05, 0) is 37.3 Å². The average molecular weight is 206 g/mol. The molecule has 1 aromatic rings. The molecule has 1 saturated carbocycles. The van der Waals surface area contributed by atoms with Gasteiger partial charge in [0.2, 0.25) is 5.95 Å². The minimum absolute atomic E-state index is 0.702. The molecule has 3 N–H and O–H groups in total. The number of hydrogen-bond acceptors (Lipinski definition) is 4. The van der Waals surface area contributed by atoms with Crippen molar-refractivity contribution in [3.8, 4) is 0 Å². The van der Waals surface area contributed by atoms with E-state index in [1.54, 1.807) is 0 Å². The first kappa shape index (κ1) is 10.4. The minimum Gasteiger partial charge on any atom is -0.354 e. The molecular formula is C11H18N4. The van der Waals surface area contributed by atoms with Crippen molar-refractivity contribution in [2.75, 3.05) is 18.4 Å². The van der Waals surface area contributed by atoms with Crippen LogP contribution >= 0.6 is 0 Å². The van der Waals surface area contributed by atoms with Gasteiger partial charge in [-0.2, -0.15) is 0 Å². The lowest BCUT2D eigenvalue weighted by Crippen LogP contribution is -2.12. The first-order chi connectivity index (χ1) is 7.40. The van der Waals surface area contributed by atoms with Gasteiger partial charge in [-0.3, -0.25) is 0 Å². The zero-order chi connectivity index (χ0) is 10.5. The Kier molecular flexibility index (Phi) is 3.50. The van der Waals surface area contributed by atoms with E-state index < -0.39 is 0 Å². The molecule has 0 spiro atoms. The molecule has 0 atom stereocenters. The zero-order valence-electron chi connectivity index (χ0n) is 8.95. The summed E-state index contributed by atoms with van der Waals surface area (Å²) in [4.78, 5) is 8.58. The number of aromatic nitrogens is 2. The molecule has 0 amide bonds. The number of hydrogen-bond donors (Lipinski definition) is 2. The Labute approximate surface area is 90.3 Å². The summed E-state index contributed by atoms with van der Waals surface area (Å²) in [6, 6.07) is 0. The van der Waals surface area contributed by atoms with Crippen molar-refractivity contribution >= 4 is 5.95 Å². The number of anilines is 1. The van der Waals surface area contributed by atoms with E-state index in [0.29, 0.717) is 18.4 Å². The van der Waals surface area contributed by atoms with Crippen LogP contribution in [0.25, 0.3) is 0 Å². The van der Waals surface area contributed by atoms with Crippen molar-refractivity contribution in [1.82, 2.24) is 9.97 Å². The molecule has 82 valence electrons. The van der Waals surface area contributed by atoms with Gasteiger partial charge in [0, 0.05) is 18.9 Å². The standard InChI is InChI=1S/C11H18N4/c12-5-2-6-13-11-14-7-10(8-15-11)9-3-1-4-9/h7-9H,1-6,12H2,(H,13,14,15). The van der Waals surface area contributed by atoms with Gasteiger partial charge >= 0.3 is 0 Å². The van der Waals surface area contributed by atoms with Crippen LogP contribution in [0.4, 0.5) is 5.95 Å². The lowest BCUT2D eigenvalue weighted by Gasteiger charge is -2.24. The second kappa shape index (κ2) is 5.07. The molecule has 4 nitrogen and oxygen atoms in total. The summed E-state index contributed by atoms with van der Waals surface area (Å²) >= 11 is 0. The second-order valence-corrected chi connectivity index (χ2v) is 4.04. The Hall–Kier alpha value is -1.16. The minimum atomic E-state index is 0.702. The van der Waals surface area contributed by atoms with Crippen molar-refractivity contribution < 1.29 is 0 Å². The smallest absolute Gasteiger partial charge is 0.222 e. The largest absolute Gasteiger partial charge is 0.354 e. The molecule has 1 heterocycles. The third-order valence-electron chi connectivity index (χ3n) is 2.91. The molecule has 0 aromatic carbocycles. The van der Waals surface area contributed by atoms with Crippen LogP contribution in [0.2, 0.25) is 0 Å². The topological polar surface area (TPSA) is 63.8 Å². The van der Waals surface area contributed by atoms with E-state index in [1.165, 1.54) is 24.8 Å². The van der Waals surface area contributed by atoms with Crippen molar-refractivity contribution in [1.29, 1.82) is 0 Å². The molecule has 1 aliphatic carbocycles. The third kappa shape index (κ3) is 2.65. The highest BCUT2D eigenvalue weighted by Crippen LogP contribution is 2.35. The Morgan fingerprint density at radius 2 is 2.07 bits per heavy atom. The Morgan fingerprint density at radius 3 is 2.60 bits per heavy atom. The fourth-order valence-corrected chi connectivity index (χ4v) is 1.68. The van der Waals surface area contributed by atoms with E-state index in [2.05, 4.69) is 15.3 Å². The Balaban J connectivity index is 1.86. The molecule has 1 aromatic heterocycles. The summed E-state index contributed by atoms with van der Waals surface area (Å²) in [6.45, 7) is 1.55. The first-order valence-electron chi connectivity index (χ1n) is 5.66. The molecule has 0 bridgehead atoms. The van der Waals surface area contributed by atoms with Crippen LogP contribution < -0.4 is 11.1 Å². The zero-order valence-corrected chi connectivity index (χ0v) is 8.95. The Bertz CT molecular complexity index is 292. The molecule has 0 saturated heterocycles. The van der Waals surface area contributed by atoms with Crippen molar-refractivity contribution in [3.05, 3.63) is 18.0 Å². The van der Waals surface area contributed by atoms with E-state index in [-0.39, 0.29) is 0 Å². The number of nitrogens with two attached hydrogens (primary N) is 1. The molecule has 1 aliphatic rings. The van der Waals surface area contributed by atoms with E-state index >= 15 is 0 Å². The fraction of sp³-hybridized carbons (Fsp3) is 0.636. The van der Waals surface area contributed by atoms with Crippen LogP contribution in [0.15, 0.2) is 12.4 Å². The highest BCUT2D eigenvalue weighted by Gasteiger charge is 2.19. The summed E-state index contributed by atoms with van der Waals surface area (Å²) in [6.07, 6.45) is 8.78. The molecule has 0 unspecified atom stereocenters. The number of nitrogens with zero attached hydrogens (tertiary/aromatic N) is 2. The maximum atomic E-state index is 5.40. The van der Waals surface area contributed by atoms with E-state index in [0.717, 1.165) is 13.0 Å². The van der Waals surface area contributed by atoms with Crippen LogP contribution in [0, 0.1) is 0 Å². The second-order valence-electron chi connectivity index (χ2n) is 4.04. The van der Waals surface area contributed by atoms with Gasteiger partial charge in [-0.1, -0.05) is 6.42 Å². The van der Waals surface area contributed by atoms with Crippen LogP contribution in [0.1, 0.15) is 37.2 Å². The highest BCUT2D eigenvalue weighted by atomic mass is 15.1. The SMILES string of the molecule is NCCCNc1ncc(C2CCC2)cn1. The maximum absolute atomic E-state index is 5.40. The Morgan fingerprint density at radius 1 is 1.33 bits per heavy atom. The van der Waals surface area contributed by atoms with Crippen molar-refractivity contribution in [2.24, 2.45) is 5.73 Å². The molecular weight excluding hydrogens is 188 g/mol. The van der Waals surface area contributed by atoms with Crippen LogP contribution in [0.3, 0.4) is 0 Å². The molecule has 4 heteroatoms. The van der Waals surface area contributed by atoms with Crippen LogP contribution in [-0.4, -0.2) is 23.1 Å². The summed E-state index contributed by atoms with van der Waals surface area (Å²) < 4.78 is 0. The van der Waals surface area contributed by atoms with E-state index in [1.807, 2.05) is 12.4 Å². The molecule has 15 heavy (non-hydrogen) atoms. The lowest BCUT2D eigenvalue weighted by atomic mass is 9.81. The predicted molar refractivity (Wildman–Crippen MR) is 60.8 cm³/mol. The molecule has 0 aliphatic heterocycles. The highest BCUT2D eigenvalue weighted by molar-refractivity contribution is 5.26. The fourth-order valence-electron chi connectivity index (χ4n) is 1.68. The van der Waals surface area contributed by atoms with Gasteiger partial charge in [0.1, 0.15) is 0 Å². The van der Waals surface area contributed by atoms with Gasteiger partial charge in [0.25, 0.3) is 0 Å². The number of rotatable bonds is 5. The summed E-state index contributed by atoms with van der Waals surface area (Å²) in [7, 11) is 0. The maximum Gasteiger partial charge on any atom is 0.222 e. The van der Waals surface area contributed by atoms with Crippen molar-refractivity contribution in [3.63, 3.8) is 0 Å². The molecule has 1 fully saturated rings. The van der Waals surface area contributed by atoms with Gasteiger partial charge < -0.3 is 11.1 Å². The molecule has 0 radical (unpaired) electrons. The van der Waals surface area contributed by atoms with E-state index in [4.69, 9.17) is 5.73 Å². The van der Waals surface area contributed by atoms with Gasteiger partial charge in [-0.15, -0.1) is 0 Å². The lowest BCUT2D eigenvalue weighted by molar-refractivity contribution is 0.418. The van der Waals surface area contributed by atoms with Crippen molar-refractivity contribution in [2.45, 2.75) is 31.6 Å². The summed E-state index contributed by atoms with van der Waals surface area (Å²) in [5.41, 5.74) is 6.68. The number of nitrogens with one attached hydrogen (secondary N) is 1. The quantitative estimate of drug-likeness (QED) is 0.717. The first-order valence-corrected chi connectivity index (χ1v) is 5.66. The summed E-state index contributed by atoms with van der Waals surface area (Å²) in [5.74, 6) is 1.43. The van der Waals surface area contributed by atoms with Gasteiger partial charge in [0.15, 0.2) is 0 Å². The predicted octanol–water partition coefficient (Wildman–Crippen LogP) is 1.50. The monoisotopic (exact) mass is 206 g/mol. The third-order valence-corrected chi connectivity index (χ3v) is 2.91. The van der Waals surface area contributed by atoms with Crippen LogP contribution in [-0.2, 0) is 0 Å². The van der Waals surface area contributed by atoms with Gasteiger partial charge in [0.05, 0.1) is 0 Å².